The van der Waals surface area contributed by atoms with Crippen molar-refractivity contribution in [3.8, 4) is 0 Å². The van der Waals surface area contributed by atoms with E-state index in [0.29, 0.717) is 5.92 Å². The van der Waals surface area contributed by atoms with Gasteiger partial charge in [-0.05, 0) is 25.2 Å². The molecule has 2 unspecified atom stereocenters. The second kappa shape index (κ2) is 7.45. The van der Waals surface area contributed by atoms with E-state index in [0.717, 1.165) is 6.42 Å². The molecule has 16 heavy (non-hydrogen) atoms. The van der Waals surface area contributed by atoms with E-state index in [1.165, 1.54) is 32.1 Å². The summed E-state index contributed by atoms with van der Waals surface area (Å²) in [4.78, 5) is 0. The summed E-state index contributed by atoms with van der Waals surface area (Å²) >= 11 is 0. The predicted molar refractivity (Wildman–Crippen MR) is 70.2 cm³/mol. The number of rotatable bonds is 6. The average Bonchev–Trinajstić information content (AvgIpc) is 2.35. The van der Waals surface area contributed by atoms with Gasteiger partial charge in [0.05, 0.1) is 6.10 Å². The molecule has 0 bridgehead atoms. The van der Waals surface area contributed by atoms with Crippen molar-refractivity contribution in [2.45, 2.75) is 44.6 Å². The number of hydrogen-bond donors (Lipinski definition) is 1. The van der Waals surface area contributed by atoms with Crippen molar-refractivity contribution in [1.29, 1.82) is 0 Å². The molecule has 0 aromatic carbocycles. The molecule has 0 amide bonds. The third kappa shape index (κ3) is 3.97. The first-order valence-corrected chi connectivity index (χ1v) is 6.37. The highest BCUT2D eigenvalue weighted by Gasteiger charge is 2.26. The fourth-order valence-electron chi connectivity index (χ4n) is 2.53. The minimum atomic E-state index is -0.215. The van der Waals surface area contributed by atoms with Crippen LogP contribution in [-0.4, -0.2) is 11.2 Å². The molecular weight excluding hydrogens is 196 g/mol. The summed E-state index contributed by atoms with van der Waals surface area (Å²) in [5.74, 6) is 0.674. The van der Waals surface area contributed by atoms with Crippen molar-refractivity contribution < 1.29 is 5.11 Å². The molecule has 0 aliphatic heterocycles. The van der Waals surface area contributed by atoms with Gasteiger partial charge in [0.1, 0.15) is 0 Å². The number of aliphatic hydroxyl groups is 1. The summed E-state index contributed by atoms with van der Waals surface area (Å²) < 4.78 is 0. The van der Waals surface area contributed by atoms with E-state index >= 15 is 0 Å². The lowest BCUT2D eigenvalue weighted by molar-refractivity contribution is 0.0508. The minimum absolute atomic E-state index is 0.194. The summed E-state index contributed by atoms with van der Waals surface area (Å²) in [6.45, 7) is 7.48. The zero-order chi connectivity index (χ0) is 11.8. The van der Waals surface area contributed by atoms with Crippen LogP contribution in [0.3, 0.4) is 0 Å². The van der Waals surface area contributed by atoms with Crippen LogP contribution in [0.15, 0.2) is 37.5 Å². The molecule has 1 N–H and O–H groups in total. The summed E-state index contributed by atoms with van der Waals surface area (Å²) in [6.07, 6.45) is 14.5. The first-order valence-electron chi connectivity index (χ1n) is 6.37. The van der Waals surface area contributed by atoms with Crippen molar-refractivity contribution in [2.75, 3.05) is 0 Å². The van der Waals surface area contributed by atoms with Crippen LogP contribution in [0.1, 0.15) is 38.5 Å². The van der Waals surface area contributed by atoms with Gasteiger partial charge < -0.3 is 5.11 Å². The molecule has 1 aliphatic carbocycles. The van der Waals surface area contributed by atoms with Crippen LogP contribution in [0.25, 0.3) is 0 Å². The topological polar surface area (TPSA) is 20.2 Å². The van der Waals surface area contributed by atoms with Crippen LogP contribution in [-0.2, 0) is 0 Å². The van der Waals surface area contributed by atoms with Crippen LogP contribution in [0, 0.1) is 11.8 Å². The van der Waals surface area contributed by atoms with Gasteiger partial charge in [-0.3, -0.25) is 0 Å². The lowest BCUT2D eigenvalue weighted by Gasteiger charge is -2.30. The molecule has 0 radical (unpaired) electrons. The van der Waals surface area contributed by atoms with Gasteiger partial charge in [0.15, 0.2) is 0 Å². The smallest absolute Gasteiger partial charge is 0.0633 e. The maximum atomic E-state index is 10.3. The molecular formula is C15H24O. The molecule has 1 fully saturated rings. The number of hydrogen-bond acceptors (Lipinski definition) is 1. The van der Waals surface area contributed by atoms with Gasteiger partial charge in [0, 0.05) is 5.92 Å². The Morgan fingerprint density at radius 2 is 1.88 bits per heavy atom. The standard InChI is InChI=1S/C15H24O/c1-3-5-7-10-13(4-2)15(16)14-11-8-6-9-12-14/h3-5,7,13-16H,1-2,6,8-12H2. The Labute approximate surface area is 99.6 Å². The molecule has 1 nitrogen and oxygen atoms in total. The molecule has 0 aromatic rings. The zero-order valence-corrected chi connectivity index (χ0v) is 10.1. The van der Waals surface area contributed by atoms with Crippen molar-refractivity contribution >= 4 is 0 Å². The Morgan fingerprint density at radius 1 is 1.19 bits per heavy atom. The molecule has 0 aromatic heterocycles. The van der Waals surface area contributed by atoms with E-state index in [4.69, 9.17) is 0 Å². The largest absolute Gasteiger partial charge is 0.392 e. The molecule has 0 heterocycles. The van der Waals surface area contributed by atoms with Crippen molar-refractivity contribution in [1.82, 2.24) is 0 Å². The monoisotopic (exact) mass is 220 g/mol. The van der Waals surface area contributed by atoms with Crippen LogP contribution < -0.4 is 0 Å². The molecule has 0 saturated heterocycles. The van der Waals surface area contributed by atoms with Crippen molar-refractivity contribution in [3.05, 3.63) is 37.5 Å². The Bertz CT molecular complexity index is 236. The third-order valence-corrected chi connectivity index (χ3v) is 3.55. The summed E-state index contributed by atoms with van der Waals surface area (Å²) in [6, 6.07) is 0. The average molecular weight is 220 g/mol. The quantitative estimate of drug-likeness (QED) is 0.532. The summed E-state index contributed by atoms with van der Waals surface area (Å²) in [5, 5.41) is 10.3. The highest BCUT2D eigenvalue weighted by atomic mass is 16.3. The van der Waals surface area contributed by atoms with E-state index in [1.807, 2.05) is 12.2 Å². The molecule has 0 spiro atoms. The second-order valence-electron chi connectivity index (χ2n) is 4.69. The molecule has 2 atom stereocenters. The summed E-state index contributed by atoms with van der Waals surface area (Å²) in [5.41, 5.74) is 0. The second-order valence-corrected chi connectivity index (χ2v) is 4.69. The molecule has 1 rings (SSSR count). The van der Waals surface area contributed by atoms with E-state index in [1.54, 1.807) is 6.08 Å². The third-order valence-electron chi connectivity index (χ3n) is 3.55. The van der Waals surface area contributed by atoms with Gasteiger partial charge in [-0.1, -0.05) is 50.1 Å². The first-order chi connectivity index (χ1) is 7.79. The maximum absolute atomic E-state index is 10.3. The van der Waals surface area contributed by atoms with Gasteiger partial charge in [0.2, 0.25) is 0 Å². The van der Waals surface area contributed by atoms with Gasteiger partial charge in [0.25, 0.3) is 0 Å². The number of aliphatic hydroxyl groups excluding tert-OH is 1. The summed E-state index contributed by atoms with van der Waals surface area (Å²) in [7, 11) is 0. The highest BCUT2D eigenvalue weighted by Crippen LogP contribution is 2.31. The van der Waals surface area contributed by atoms with Gasteiger partial charge in [-0.2, -0.15) is 0 Å². The van der Waals surface area contributed by atoms with Crippen molar-refractivity contribution in [3.63, 3.8) is 0 Å². The van der Waals surface area contributed by atoms with E-state index in [2.05, 4.69) is 19.2 Å². The molecule has 90 valence electrons. The normalized spacial score (nSPS) is 21.8. The van der Waals surface area contributed by atoms with Gasteiger partial charge >= 0.3 is 0 Å². The Morgan fingerprint density at radius 3 is 2.44 bits per heavy atom. The predicted octanol–water partition coefficient (Wildman–Crippen LogP) is 3.86. The van der Waals surface area contributed by atoms with E-state index in [-0.39, 0.29) is 12.0 Å². The molecule has 1 aliphatic rings. The Kier molecular flexibility index (Phi) is 6.17. The van der Waals surface area contributed by atoms with Crippen molar-refractivity contribution in [2.24, 2.45) is 11.8 Å². The SMILES string of the molecule is C=CC=CCC(C=C)C(O)C1CCCCC1. The van der Waals surface area contributed by atoms with Gasteiger partial charge in [-0.25, -0.2) is 0 Å². The first kappa shape index (κ1) is 13.2. The fraction of sp³-hybridized carbons (Fsp3) is 0.600. The van der Waals surface area contributed by atoms with Crippen LogP contribution in [0.4, 0.5) is 0 Å². The van der Waals surface area contributed by atoms with Crippen LogP contribution >= 0.6 is 0 Å². The zero-order valence-electron chi connectivity index (χ0n) is 10.1. The number of allylic oxidation sites excluding steroid dienone is 3. The Hall–Kier alpha value is -0.820. The maximum Gasteiger partial charge on any atom is 0.0633 e. The lowest BCUT2D eigenvalue weighted by atomic mass is 9.79. The Balaban J connectivity index is 2.46. The van der Waals surface area contributed by atoms with Crippen LogP contribution in [0.2, 0.25) is 0 Å². The minimum Gasteiger partial charge on any atom is -0.392 e. The van der Waals surface area contributed by atoms with Crippen LogP contribution in [0.5, 0.6) is 0 Å². The molecule has 1 saturated carbocycles. The highest BCUT2D eigenvalue weighted by molar-refractivity contribution is 5.01. The van der Waals surface area contributed by atoms with E-state index in [9.17, 15) is 5.11 Å². The fourth-order valence-corrected chi connectivity index (χ4v) is 2.53. The lowest BCUT2D eigenvalue weighted by Crippen LogP contribution is -2.29. The van der Waals surface area contributed by atoms with E-state index < -0.39 is 0 Å². The van der Waals surface area contributed by atoms with Gasteiger partial charge in [-0.15, -0.1) is 6.58 Å². The molecule has 1 heteroatoms.